The van der Waals surface area contributed by atoms with Crippen molar-refractivity contribution < 1.29 is 52.8 Å². The number of hydrogen-bond acceptors (Lipinski definition) is 11. The molecule has 0 aromatic rings. The molecule has 2 fully saturated rings. The number of fused-ring (bicyclic) bond motifs is 3. The Kier molecular flexibility index (Phi) is 12.0. The smallest absolute Gasteiger partial charge is 0.334 e. The molecule has 0 aromatic carbocycles. The zero-order valence-corrected chi connectivity index (χ0v) is 27.9. The first kappa shape index (κ1) is 36.3. The van der Waals surface area contributed by atoms with Crippen molar-refractivity contribution in [1.29, 1.82) is 0 Å². The van der Waals surface area contributed by atoms with Gasteiger partial charge in [0.1, 0.15) is 11.7 Å². The van der Waals surface area contributed by atoms with Gasteiger partial charge in [-0.15, -0.1) is 0 Å². The third kappa shape index (κ3) is 7.45. The summed E-state index contributed by atoms with van der Waals surface area (Å²) < 4.78 is 29.7. The Balaban J connectivity index is 2.19. The Morgan fingerprint density at radius 3 is 2.22 bits per heavy atom. The summed E-state index contributed by atoms with van der Waals surface area (Å²) in [6.07, 6.45) is 1.57. The number of aliphatic hydroxyl groups is 1. The average Bonchev–Trinajstić information content (AvgIpc) is 3.33. The second kappa shape index (κ2) is 14.9. The topological polar surface area (TPSA) is 152 Å². The highest BCUT2D eigenvalue weighted by Gasteiger charge is 2.71. The lowest BCUT2D eigenvalue weighted by Crippen LogP contribution is -2.56. The zero-order valence-electron chi connectivity index (χ0n) is 27.9. The summed E-state index contributed by atoms with van der Waals surface area (Å²) in [6.45, 7) is 13.2. The van der Waals surface area contributed by atoms with Crippen LogP contribution in [0.5, 0.6) is 0 Å². The van der Waals surface area contributed by atoms with Gasteiger partial charge in [0.2, 0.25) is 0 Å². The van der Waals surface area contributed by atoms with Crippen molar-refractivity contribution in [2.75, 3.05) is 0 Å². The fourth-order valence-corrected chi connectivity index (χ4v) is 6.89. The van der Waals surface area contributed by atoms with E-state index in [1.807, 2.05) is 0 Å². The van der Waals surface area contributed by atoms with Gasteiger partial charge in [-0.25, -0.2) is 4.79 Å². The maximum atomic E-state index is 13.3. The van der Waals surface area contributed by atoms with Crippen LogP contribution in [0.15, 0.2) is 22.8 Å². The summed E-state index contributed by atoms with van der Waals surface area (Å²) in [6, 6.07) is 0. The van der Waals surface area contributed by atoms with Gasteiger partial charge in [-0.1, -0.05) is 45.6 Å². The Labute approximate surface area is 266 Å². The molecule has 1 saturated heterocycles. The van der Waals surface area contributed by atoms with Gasteiger partial charge in [0.25, 0.3) is 0 Å². The van der Waals surface area contributed by atoms with Crippen LogP contribution in [0.2, 0.25) is 0 Å². The number of hydrogen-bond donors (Lipinski definition) is 1. The summed E-state index contributed by atoms with van der Waals surface area (Å²) in [7, 11) is 0. The van der Waals surface area contributed by atoms with E-state index in [0.29, 0.717) is 29.6 Å². The summed E-state index contributed by atoms with van der Waals surface area (Å²) in [5.74, 6) is -5.28. The van der Waals surface area contributed by atoms with Crippen molar-refractivity contribution in [3.8, 4) is 0 Å². The highest BCUT2D eigenvalue weighted by molar-refractivity contribution is 5.88. The molecule has 0 bridgehead atoms. The van der Waals surface area contributed by atoms with Crippen LogP contribution in [0.3, 0.4) is 0 Å². The molecule has 45 heavy (non-hydrogen) atoms. The molecule has 8 atom stereocenters. The Hall–Kier alpha value is -3.21. The third-order valence-electron chi connectivity index (χ3n) is 9.44. The van der Waals surface area contributed by atoms with Crippen LogP contribution in [-0.2, 0) is 47.7 Å². The normalized spacial score (nSPS) is 32.6. The molecule has 0 spiro atoms. The van der Waals surface area contributed by atoms with Gasteiger partial charge in [-0.2, -0.15) is 0 Å². The van der Waals surface area contributed by atoms with Gasteiger partial charge in [0.15, 0.2) is 23.9 Å². The van der Waals surface area contributed by atoms with Gasteiger partial charge >= 0.3 is 29.8 Å². The monoisotopic (exact) mass is 634 g/mol. The molecule has 1 heterocycles. The maximum Gasteiger partial charge on any atom is 0.334 e. The Morgan fingerprint density at radius 1 is 0.978 bits per heavy atom. The van der Waals surface area contributed by atoms with Gasteiger partial charge in [0.05, 0.1) is 11.8 Å². The second-order valence-electron chi connectivity index (χ2n) is 12.8. The molecule has 11 heteroatoms. The molecular formula is C34H50O11. The molecule has 1 saturated carbocycles. The number of carbonyl (C=O) groups excluding carboxylic acids is 5. The van der Waals surface area contributed by atoms with Crippen LogP contribution in [0.1, 0.15) is 113 Å². The van der Waals surface area contributed by atoms with Gasteiger partial charge in [-0.05, 0) is 58.6 Å². The highest BCUT2D eigenvalue weighted by atomic mass is 16.6. The fraction of sp³-hybridized carbons (Fsp3) is 0.735. The molecule has 0 unspecified atom stereocenters. The quantitative estimate of drug-likeness (QED) is 0.0977. The minimum atomic E-state index is -2.06. The standard InChI is InChI=1S/C34H50O11/c1-9-12-13-14-15-17-25(37)42-29-27-26(20(5)28(29)43-31(38)19(4)11-3)30-34(40,21(6)32(39)44-30)23(41-24(36)16-10-2)18-33(27,8)45-22(7)35/h11,21,23,27-30,40H,9-10,12-18H2,1-8H3/b19-11-/t21-,23-,27-,28-,29-,30+,33-,34+/m0/s1. The van der Waals surface area contributed by atoms with E-state index in [-0.39, 0.29) is 19.3 Å². The minimum absolute atomic E-state index is 0.0662. The molecule has 3 rings (SSSR count). The van der Waals surface area contributed by atoms with Crippen LogP contribution in [0.25, 0.3) is 0 Å². The Bertz CT molecular complexity index is 1220. The molecule has 252 valence electrons. The average molecular weight is 635 g/mol. The molecule has 1 N–H and O–H groups in total. The van der Waals surface area contributed by atoms with E-state index < -0.39 is 77.3 Å². The van der Waals surface area contributed by atoms with Gasteiger partial charge < -0.3 is 28.8 Å². The first-order chi connectivity index (χ1) is 21.2. The molecule has 0 aromatic heterocycles. The molecule has 2 aliphatic carbocycles. The lowest BCUT2D eigenvalue weighted by Gasteiger charge is -2.40. The summed E-state index contributed by atoms with van der Waals surface area (Å²) in [5, 5.41) is 12.4. The first-order valence-corrected chi connectivity index (χ1v) is 16.2. The molecule has 0 radical (unpaired) electrons. The predicted octanol–water partition coefficient (Wildman–Crippen LogP) is 4.81. The summed E-state index contributed by atoms with van der Waals surface area (Å²) in [5.41, 5.74) is -2.58. The fourth-order valence-electron chi connectivity index (χ4n) is 6.89. The maximum absolute atomic E-state index is 13.3. The first-order valence-electron chi connectivity index (χ1n) is 16.2. The van der Waals surface area contributed by atoms with Crippen molar-refractivity contribution >= 4 is 29.8 Å². The number of rotatable bonds is 13. The third-order valence-corrected chi connectivity index (χ3v) is 9.44. The van der Waals surface area contributed by atoms with Crippen molar-refractivity contribution in [2.24, 2.45) is 11.8 Å². The van der Waals surface area contributed by atoms with Crippen LogP contribution in [0, 0.1) is 11.8 Å². The van der Waals surface area contributed by atoms with Crippen molar-refractivity contribution in [3.05, 3.63) is 22.8 Å². The second-order valence-corrected chi connectivity index (χ2v) is 12.8. The molecule has 1 aliphatic heterocycles. The van der Waals surface area contributed by atoms with Crippen LogP contribution in [0.4, 0.5) is 0 Å². The van der Waals surface area contributed by atoms with Gasteiger partial charge in [-0.3, -0.25) is 19.2 Å². The predicted molar refractivity (Wildman–Crippen MR) is 162 cm³/mol. The number of ether oxygens (including phenoxy) is 5. The van der Waals surface area contributed by atoms with Crippen molar-refractivity contribution in [2.45, 2.75) is 149 Å². The van der Waals surface area contributed by atoms with E-state index in [1.54, 1.807) is 40.7 Å². The summed E-state index contributed by atoms with van der Waals surface area (Å²) >= 11 is 0. The molecular weight excluding hydrogens is 584 g/mol. The molecule has 3 aliphatic rings. The van der Waals surface area contributed by atoms with E-state index in [4.69, 9.17) is 23.7 Å². The van der Waals surface area contributed by atoms with E-state index in [9.17, 15) is 29.1 Å². The lowest BCUT2D eigenvalue weighted by molar-refractivity contribution is -0.193. The van der Waals surface area contributed by atoms with Crippen molar-refractivity contribution in [3.63, 3.8) is 0 Å². The lowest BCUT2D eigenvalue weighted by atomic mass is 9.78. The zero-order chi connectivity index (χ0) is 33.7. The largest absolute Gasteiger partial charge is 0.459 e. The van der Waals surface area contributed by atoms with Crippen molar-refractivity contribution in [1.82, 2.24) is 0 Å². The molecule has 11 nitrogen and oxygen atoms in total. The number of carbonyl (C=O) groups is 5. The van der Waals surface area contributed by atoms with E-state index in [1.165, 1.54) is 13.8 Å². The number of esters is 5. The van der Waals surface area contributed by atoms with E-state index >= 15 is 0 Å². The molecule has 0 amide bonds. The van der Waals surface area contributed by atoms with Crippen LogP contribution >= 0.6 is 0 Å². The number of allylic oxidation sites excluding steroid dienone is 1. The SMILES string of the molecule is C/C=C(/C)C(=O)O[C@H]1C(C)=C2[C@H]3OC(=O)[C@H](C)[C@@]3(O)[C@@H](OC(=O)CCC)C[C@](C)(OC(C)=O)[C@@H]2[C@@H]1OC(=O)CCCCCCC. The number of unbranched alkanes of at least 4 members (excludes halogenated alkanes) is 4. The minimum Gasteiger partial charge on any atom is -0.459 e. The van der Waals surface area contributed by atoms with E-state index in [2.05, 4.69) is 6.92 Å². The van der Waals surface area contributed by atoms with E-state index in [0.717, 1.165) is 25.7 Å². The Morgan fingerprint density at radius 2 is 1.62 bits per heavy atom. The van der Waals surface area contributed by atoms with Crippen LogP contribution < -0.4 is 0 Å². The van der Waals surface area contributed by atoms with Gasteiger partial charge in [0, 0.05) is 31.8 Å². The van der Waals surface area contributed by atoms with Crippen LogP contribution in [-0.4, -0.2) is 70.6 Å². The summed E-state index contributed by atoms with van der Waals surface area (Å²) in [4.78, 5) is 64.9. The highest BCUT2D eigenvalue weighted by Crippen LogP contribution is 2.56.